The van der Waals surface area contributed by atoms with Gasteiger partial charge in [0.2, 0.25) is 0 Å². The molecule has 0 aromatic rings. The molecule has 0 radical (unpaired) electrons. The lowest BCUT2D eigenvalue weighted by Gasteiger charge is -2.33. The van der Waals surface area contributed by atoms with Gasteiger partial charge in [-0.3, -0.25) is 0 Å². The smallest absolute Gasteiger partial charge is 0.407 e. The summed E-state index contributed by atoms with van der Waals surface area (Å²) in [6, 6.07) is 0. The minimum Gasteiger partial charge on any atom is -0.444 e. The van der Waals surface area contributed by atoms with Crippen LogP contribution >= 0.6 is 0 Å². The first-order chi connectivity index (χ1) is 8.58. The molecule has 1 amide bonds. The van der Waals surface area contributed by atoms with Gasteiger partial charge >= 0.3 is 6.09 Å². The number of amides is 1. The lowest BCUT2D eigenvalue weighted by molar-refractivity contribution is 0.0508. The molecular formula is C15H32N2O2. The highest BCUT2D eigenvalue weighted by Gasteiger charge is 2.26. The lowest BCUT2D eigenvalue weighted by atomic mass is 9.90. The molecule has 0 bridgehead atoms. The van der Waals surface area contributed by atoms with E-state index in [2.05, 4.69) is 38.3 Å². The van der Waals surface area contributed by atoms with E-state index in [4.69, 9.17) is 4.74 Å². The molecular weight excluding hydrogens is 240 g/mol. The van der Waals surface area contributed by atoms with Gasteiger partial charge in [-0.15, -0.1) is 0 Å². The predicted octanol–water partition coefficient (Wildman–Crippen LogP) is 3.32. The van der Waals surface area contributed by atoms with E-state index in [9.17, 15) is 4.79 Å². The van der Waals surface area contributed by atoms with Crippen LogP contribution in [0.4, 0.5) is 4.79 Å². The highest BCUT2D eigenvalue weighted by atomic mass is 16.6. The standard InChI is InChI=1S/C15H32N2O2/c1-8-9-17-15(7,10-12(2)3)11-16-13(18)19-14(4,5)6/h12,17H,8-11H2,1-7H3,(H,16,18). The SMILES string of the molecule is CCCNC(C)(CNC(=O)OC(C)(C)C)CC(C)C. The minimum atomic E-state index is -0.449. The average molecular weight is 272 g/mol. The number of hydrogen-bond acceptors (Lipinski definition) is 3. The van der Waals surface area contributed by atoms with Gasteiger partial charge in [0.05, 0.1) is 0 Å². The van der Waals surface area contributed by atoms with Crippen molar-refractivity contribution in [1.29, 1.82) is 0 Å². The molecule has 0 aliphatic carbocycles. The molecule has 4 nitrogen and oxygen atoms in total. The zero-order valence-corrected chi connectivity index (χ0v) is 13.7. The summed E-state index contributed by atoms with van der Waals surface area (Å²) in [6.07, 6.45) is 1.75. The van der Waals surface area contributed by atoms with Gasteiger partial charge in [-0.2, -0.15) is 0 Å². The minimum absolute atomic E-state index is 0.0823. The molecule has 1 atom stereocenters. The van der Waals surface area contributed by atoms with Crippen molar-refractivity contribution < 1.29 is 9.53 Å². The summed E-state index contributed by atoms with van der Waals surface area (Å²) in [5.74, 6) is 0.579. The summed E-state index contributed by atoms with van der Waals surface area (Å²) in [6.45, 7) is 15.8. The zero-order chi connectivity index (χ0) is 15.1. The van der Waals surface area contributed by atoms with Crippen molar-refractivity contribution in [2.45, 2.75) is 72.4 Å². The third-order valence-corrected chi connectivity index (χ3v) is 2.68. The van der Waals surface area contributed by atoms with Gasteiger partial charge in [0.25, 0.3) is 0 Å². The van der Waals surface area contributed by atoms with Crippen LogP contribution in [0.1, 0.15) is 61.3 Å². The van der Waals surface area contributed by atoms with Crippen LogP contribution in [0.25, 0.3) is 0 Å². The third-order valence-electron chi connectivity index (χ3n) is 2.68. The second kappa shape index (κ2) is 7.73. The number of carbonyl (C=O) groups excluding carboxylic acids is 1. The Balaban J connectivity index is 4.36. The number of ether oxygens (including phenoxy) is 1. The van der Waals surface area contributed by atoms with E-state index in [1.54, 1.807) is 0 Å². The Morgan fingerprint density at radius 1 is 1.21 bits per heavy atom. The molecule has 0 fully saturated rings. The first-order valence-corrected chi connectivity index (χ1v) is 7.30. The van der Waals surface area contributed by atoms with E-state index in [0.29, 0.717) is 12.5 Å². The molecule has 0 heterocycles. The maximum atomic E-state index is 11.7. The van der Waals surface area contributed by atoms with Gasteiger partial charge < -0.3 is 15.4 Å². The number of hydrogen-bond donors (Lipinski definition) is 2. The Bertz CT molecular complexity index is 272. The molecule has 0 saturated carbocycles. The Hall–Kier alpha value is -0.770. The van der Waals surface area contributed by atoms with E-state index >= 15 is 0 Å². The van der Waals surface area contributed by atoms with Crippen LogP contribution in [0.3, 0.4) is 0 Å². The number of alkyl carbamates (subject to hydrolysis) is 1. The Morgan fingerprint density at radius 2 is 1.79 bits per heavy atom. The lowest BCUT2D eigenvalue weighted by Crippen LogP contribution is -2.52. The topological polar surface area (TPSA) is 50.4 Å². The van der Waals surface area contributed by atoms with Crippen molar-refractivity contribution in [2.24, 2.45) is 5.92 Å². The van der Waals surface area contributed by atoms with Crippen molar-refractivity contribution in [2.75, 3.05) is 13.1 Å². The van der Waals surface area contributed by atoms with E-state index in [1.807, 2.05) is 20.8 Å². The van der Waals surface area contributed by atoms with Gasteiger partial charge in [-0.1, -0.05) is 20.8 Å². The molecule has 0 aromatic heterocycles. The monoisotopic (exact) mass is 272 g/mol. The van der Waals surface area contributed by atoms with Gasteiger partial charge in [0.1, 0.15) is 5.60 Å². The Morgan fingerprint density at radius 3 is 2.21 bits per heavy atom. The van der Waals surface area contributed by atoms with Crippen LogP contribution in [-0.2, 0) is 4.74 Å². The molecule has 2 N–H and O–H groups in total. The molecule has 0 aliphatic heterocycles. The predicted molar refractivity (Wildman–Crippen MR) is 80.4 cm³/mol. The Kier molecular flexibility index (Phi) is 7.42. The van der Waals surface area contributed by atoms with Crippen LogP contribution in [-0.4, -0.2) is 30.3 Å². The van der Waals surface area contributed by atoms with Crippen LogP contribution in [0.2, 0.25) is 0 Å². The summed E-state index contributed by atoms with van der Waals surface area (Å²) in [5, 5.41) is 6.40. The van der Waals surface area contributed by atoms with E-state index in [1.165, 1.54) is 0 Å². The van der Waals surface area contributed by atoms with E-state index in [-0.39, 0.29) is 11.6 Å². The fourth-order valence-electron chi connectivity index (χ4n) is 2.12. The maximum absolute atomic E-state index is 11.7. The van der Waals surface area contributed by atoms with Gasteiger partial charge in [0.15, 0.2) is 0 Å². The fourth-order valence-corrected chi connectivity index (χ4v) is 2.12. The quantitative estimate of drug-likeness (QED) is 0.747. The number of rotatable bonds is 7. The largest absolute Gasteiger partial charge is 0.444 e. The van der Waals surface area contributed by atoms with Gasteiger partial charge in [0, 0.05) is 12.1 Å². The van der Waals surface area contributed by atoms with Crippen molar-refractivity contribution in [3.63, 3.8) is 0 Å². The highest BCUT2D eigenvalue weighted by Crippen LogP contribution is 2.16. The fraction of sp³-hybridized carbons (Fsp3) is 0.933. The number of nitrogens with one attached hydrogen (secondary N) is 2. The first kappa shape index (κ1) is 18.2. The van der Waals surface area contributed by atoms with Crippen molar-refractivity contribution in [3.05, 3.63) is 0 Å². The Labute approximate surface area is 118 Å². The summed E-state index contributed by atoms with van der Waals surface area (Å²) in [5.41, 5.74) is -0.531. The van der Waals surface area contributed by atoms with Crippen LogP contribution in [0.5, 0.6) is 0 Å². The molecule has 0 spiro atoms. The highest BCUT2D eigenvalue weighted by molar-refractivity contribution is 5.67. The second-order valence-electron chi connectivity index (χ2n) is 6.94. The van der Waals surface area contributed by atoms with E-state index in [0.717, 1.165) is 19.4 Å². The summed E-state index contributed by atoms with van der Waals surface area (Å²) >= 11 is 0. The second-order valence-corrected chi connectivity index (χ2v) is 6.94. The third kappa shape index (κ3) is 9.77. The van der Waals surface area contributed by atoms with Crippen LogP contribution in [0.15, 0.2) is 0 Å². The van der Waals surface area contributed by atoms with E-state index < -0.39 is 5.60 Å². The van der Waals surface area contributed by atoms with Crippen molar-refractivity contribution in [3.8, 4) is 0 Å². The van der Waals surface area contributed by atoms with Crippen molar-refractivity contribution in [1.82, 2.24) is 10.6 Å². The maximum Gasteiger partial charge on any atom is 0.407 e. The van der Waals surface area contributed by atoms with Crippen LogP contribution < -0.4 is 10.6 Å². The molecule has 0 aliphatic rings. The molecule has 1 unspecified atom stereocenters. The molecule has 4 heteroatoms. The normalized spacial score (nSPS) is 15.2. The van der Waals surface area contributed by atoms with Crippen LogP contribution in [0, 0.1) is 5.92 Å². The average Bonchev–Trinajstić information content (AvgIpc) is 2.21. The molecule has 0 aromatic carbocycles. The summed E-state index contributed by atoms with van der Waals surface area (Å²) in [7, 11) is 0. The summed E-state index contributed by atoms with van der Waals surface area (Å²) in [4.78, 5) is 11.7. The molecule has 0 saturated heterocycles. The first-order valence-electron chi connectivity index (χ1n) is 7.30. The molecule has 114 valence electrons. The van der Waals surface area contributed by atoms with Gasteiger partial charge in [-0.25, -0.2) is 4.79 Å². The summed E-state index contributed by atoms with van der Waals surface area (Å²) < 4.78 is 5.26. The number of carbonyl (C=O) groups is 1. The molecule has 0 rings (SSSR count). The molecule has 19 heavy (non-hydrogen) atoms. The van der Waals surface area contributed by atoms with Crippen molar-refractivity contribution >= 4 is 6.09 Å². The zero-order valence-electron chi connectivity index (χ0n) is 13.7. The van der Waals surface area contributed by atoms with Gasteiger partial charge in [-0.05, 0) is 53.0 Å².